The Morgan fingerprint density at radius 3 is 2.38 bits per heavy atom. The number of nitrogens with one attached hydrogen (secondary N) is 1. The van der Waals surface area contributed by atoms with Crippen LogP contribution in [0.3, 0.4) is 0 Å². The topological polar surface area (TPSA) is 86.6 Å². The number of aliphatic carboxylic acids is 1. The third-order valence-corrected chi connectivity index (χ3v) is 4.02. The minimum atomic E-state index is -0.963. The van der Waals surface area contributed by atoms with Gasteiger partial charge in [0, 0.05) is 6.54 Å². The van der Waals surface area contributed by atoms with Gasteiger partial charge < -0.3 is 15.5 Å². The molecule has 1 fully saturated rings. The van der Waals surface area contributed by atoms with E-state index in [1.54, 1.807) is 6.07 Å². The van der Waals surface area contributed by atoms with Gasteiger partial charge in [0.2, 0.25) is 0 Å². The number of rotatable bonds is 3. The fraction of sp³-hybridized carbons (Fsp3) is 0.500. The zero-order chi connectivity index (χ0) is 15.8. The van der Waals surface area contributed by atoms with Gasteiger partial charge in [-0.25, -0.2) is 4.79 Å². The molecule has 2 atom stereocenters. The SMILES string of the molecule is CC(C)(C)c1ccc(C2CN[C@H](C(=O)O)C2)c(C(=O)O)c1. The largest absolute Gasteiger partial charge is 0.480 e. The molecule has 1 aromatic carbocycles. The third-order valence-electron chi connectivity index (χ3n) is 4.02. The van der Waals surface area contributed by atoms with Crippen molar-refractivity contribution in [1.82, 2.24) is 5.32 Å². The highest BCUT2D eigenvalue weighted by Gasteiger charge is 2.32. The van der Waals surface area contributed by atoms with E-state index in [0.717, 1.165) is 5.56 Å². The van der Waals surface area contributed by atoms with Crippen LogP contribution in [0, 0.1) is 0 Å². The summed E-state index contributed by atoms with van der Waals surface area (Å²) < 4.78 is 0. The number of hydrogen-bond acceptors (Lipinski definition) is 3. The van der Waals surface area contributed by atoms with Crippen molar-refractivity contribution < 1.29 is 19.8 Å². The first-order valence-corrected chi connectivity index (χ1v) is 7.04. The first-order valence-electron chi connectivity index (χ1n) is 7.04. The van der Waals surface area contributed by atoms with Crippen LogP contribution in [0.1, 0.15) is 54.6 Å². The maximum atomic E-state index is 11.5. The number of carbonyl (C=O) groups is 2. The zero-order valence-corrected chi connectivity index (χ0v) is 12.5. The summed E-state index contributed by atoms with van der Waals surface area (Å²) in [5.41, 5.74) is 1.83. The van der Waals surface area contributed by atoms with Gasteiger partial charge in [-0.05, 0) is 34.9 Å². The minimum absolute atomic E-state index is 0.0776. The normalized spacial score (nSPS) is 22.2. The molecule has 1 aromatic rings. The van der Waals surface area contributed by atoms with Crippen LogP contribution in [-0.2, 0) is 10.2 Å². The molecule has 1 heterocycles. The highest BCUT2D eigenvalue weighted by molar-refractivity contribution is 5.90. The van der Waals surface area contributed by atoms with Gasteiger partial charge >= 0.3 is 11.9 Å². The molecule has 5 nitrogen and oxygen atoms in total. The second-order valence-electron chi connectivity index (χ2n) is 6.59. The second kappa shape index (κ2) is 5.48. The average Bonchev–Trinajstić information content (AvgIpc) is 2.86. The summed E-state index contributed by atoms with van der Waals surface area (Å²) >= 11 is 0. The molecule has 0 aliphatic carbocycles. The van der Waals surface area contributed by atoms with E-state index in [2.05, 4.69) is 5.32 Å². The van der Waals surface area contributed by atoms with Crippen molar-refractivity contribution in [1.29, 1.82) is 0 Å². The number of benzene rings is 1. The molecule has 0 saturated carbocycles. The Morgan fingerprint density at radius 2 is 1.90 bits per heavy atom. The summed E-state index contributed by atoms with van der Waals surface area (Å²) in [4.78, 5) is 22.5. The van der Waals surface area contributed by atoms with Gasteiger partial charge in [0.15, 0.2) is 0 Å². The lowest BCUT2D eigenvalue weighted by molar-refractivity contribution is -0.139. The summed E-state index contributed by atoms with van der Waals surface area (Å²) in [5.74, 6) is -1.93. The Morgan fingerprint density at radius 1 is 1.24 bits per heavy atom. The van der Waals surface area contributed by atoms with Crippen molar-refractivity contribution in [2.45, 2.75) is 44.6 Å². The van der Waals surface area contributed by atoms with Crippen molar-refractivity contribution in [2.24, 2.45) is 0 Å². The van der Waals surface area contributed by atoms with E-state index in [-0.39, 0.29) is 16.9 Å². The van der Waals surface area contributed by atoms with Gasteiger partial charge in [-0.1, -0.05) is 32.9 Å². The lowest BCUT2D eigenvalue weighted by Crippen LogP contribution is -2.29. The molecular weight excluding hydrogens is 270 g/mol. The van der Waals surface area contributed by atoms with Crippen molar-refractivity contribution in [2.75, 3.05) is 6.54 Å². The predicted octanol–water partition coefficient (Wildman–Crippen LogP) is 2.21. The minimum Gasteiger partial charge on any atom is -0.480 e. The van der Waals surface area contributed by atoms with E-state index in [1.165, 1.54) is 0 Å². The van der Waals surface area contributed by atoms with Crippen LogP contribution >= 0.6 is 0 Å². The molecule has 0 spiro atoms. The van der Waals surface area contributed by atoms with Gasteiger partial charge in [0.1, 0.15) is 6.04 Å². The van der Waals surface area contributed by atoms with Crippen LogP contribution in [0.5, 0.6) is 0 Å². The molecule has 3 N–H and O–H groups in total. The van der Waals surface area contributed by atoms with Gasteiger partial charge in [-0.2, -0.15) is 0 Å². The van der Waals surface area contributed by atoms with Crippen LogP contribution in [0.25, 0.3) is 0 Å². The molecule has 5 heteroatoms. The summed E-state index contributed by atoms with van der Waals surface area (Å²) in [6.45, 7) is 6.59. The fourth-order valence-corrected chi connectivity index (χ4v) is 2.72. The van der Waals surface area contributed by atoms with E-state index in [0.29, 0.717) is 18.5 Å². The summed E-state index contributed by atoms with van der Waals surface area (Å²) in [6, 6.07) is 4.89. The van der Waals surface area contributed by atoms with Crippen LogP contribution in [0.2, 0.25) is 0 Å². The van der Waals surface area contributed by atoms with Gasteiger partial charge in [-0.15, -0.1) is 0 Å². The van der Waals surface area contributed by atoms with Crippen molar-refractivity contribution in [3.05, 3.63) is 34.9 Å². The predicted molar refractivity (Wildman–Crippen MR) is 78.9 cm³/mol. The maximum absolute atomic E-state index is 11.5. The molecule has 1 aliphatic rings. The molecule has 21 heavy (non-hydrogen) atoms. The summed E-state index contributed by atoms with van der Waals surface area (Å²) in [6.07, 6.45) is 0.421. The van der Waals surface area contributed by atoms with E-state index >= 15 is 0 Å². The number of carboxylic acid groups (broad SMARTS) is 2. The van der Waals surface area contributed by atoms with Crippen molar-refractivity contribution in [3.8, 4) is 0 Å². The first-order chi connectivity index (χ1) is 9.70. The number of hydrogen-bond donors (Lipinski definition) is 3. The van der Waals surface area contributed by atoms with Gasteiger partial charge in [0.05, 0.1) is 5.56 Å². The Kier molecular flexibility index (Phi) is 4.05. The highest BCUT2D eigenvalue weighted by atomic mass is 16.4. The standard InChI is InChI=1S/C16H21NO4/c1-16(2,3)10-4-5-11(12(7-10)14(18)19)9-6-13(15(20)21)17-8-9/h4-5,7,9,13,17H,6,8H2,1-3H3,(H,18,19)(H,20,21)/t9?,13-/m0/s1. The van der Waals surface area contributed by atoms with Crippen LogP contribution in [-0.4, -0.2) is 34.7 Å². The average molecular weight is 291 g/mol. The van der Waals surface area contributed by atoms with Gasteiger partial charge in [-0.3, -0.25) is 4.79 Å². The Balaban J connectivity index is 2.36. The molecule has 0 bridgehead atoms. The van der Waals surface area contributed by atoms with Crippen LogP contribution in [0.4, 0.5) is 0 Å². The van der Waals surface area contributed by atoms with E-state index in [9.17, 15) is 14.7 Å². The molecule has 0 amide bonds. The summed E-state index contributed by atoms with van der Waals surface area (Å²) in [5, 5.41) is 21.4. The monoisotopic (exact) mass is 291 g/mol. The smallest absolute Gasteiger partial charge is 0.335 e. The van der Waals surface area contributed by atoms with Crippen molar-refractivity contribution in [3.63, 3.8) is 0 Å². The molecule has 114 valence electrons. The Bertz CT molecular complexity index is 574. The molecular formula is C16H21NO4. The highest BCUT2D eigenvalue weighted by Crippen LogP contribution is 2.32. The Hall–Kier alpha value is -1.88. The lowest BCUT2D eigenvalue weighted by Gasteiger charge is -2.22. The molecule has 0 aromatic heterocycles. The van der Waals surface area contributed by atoms with Crippen LogP contribution < -0.4 is 5.32 Å². The van der Waals surface area contributed by atoms with E-state index in [4.69, 9.17) is 5.11 Å². The van der Waals surface area contributed by atoms with Gasteiger partial charge in [0.25, 0.3) is 0 Å². The Labute approximate surface area is 124 Å². The quantitative estimate of drug-likeness (QED) is 0.795. The van der Waals surface area contributed by atoms with Crippen LogP contribution in [0.15, 0.2) is 18.2 Å². The number of aromatic carboxylic acids is 1. The number of carboxylic acids is 2. The molecule has 0 radical (unpaired) electrons. The van der Waals surface area contributed by atoms with E-state index in [1.807, 2.05) is 32.9 Å². The molecule has 2 rings (SSSR count). The lowest BCUT2D eigenvalue weighted by atomic mass is 9.83. The summed E-state index contributed by atoms with van der Waals surface area (Å²) in [7, 11) is 0. The fourth-order valence-electron chi connectivity index (χ4n) is 2.72. The second-order valence-corrected chi connectivity index (χ2v) is 6.59. The van der Waals surface area contributed by atoms with Crippen molar-refractivity contribution >= 4 is 11.9 Å². The zero-order valence-electron chi connectivity index (χ0n) is 12.5. The third kappa shape index (κ3) is 3.24. The van der Waals surface area contributed by atoms with E-state index < -0.39 is 18.0 Å². The molecule has 1 unspecified atom stereocenters. The maximum Gasteiger partial charge on any atom is 0.335 e. The molecule has 1 aliphatic heterocycles. The first kappa shape index (κ1) is 15.5. The molecule has 1 saturated heterocycles.